The molecule has 0 amide bonds. The van der Waals surface area contributed by atoms with Gasteiger partial charge in [0, 0.05) is 0 Å². The molecule has 0 fully saturated rings. The minimum atomic E-state index is -0.268. The molecule has 0 aromatic heterocycles. The van der Waals surface area contributed by atoms with Gasteiger partial charge in [0.15, 0.2) is 0 Å². The Kier molecular flexibility index (Phi) is 5.42. The molecule has 0 saturated carbocycles. The van der Waals surface area contributed by atoms with Crippen LogP contribution >= 0.6 is 0 Å². The topological polar surface area (TPSA) is 66.8 Å². The van der Waals surface area contributed by atoms with Crippen LogP contribution in [0.4, 0.5) is 0 Å². The summed E-state index contributed by atoms with van der Waals surface area (Å²) < 4.78 is 4.55. The van der Waals surface area contributed by atoms with Crippen LogP contribution < -0.4 is 0 Å². The molecule has 0 spiro atoms. The molecule has 0 saturated heterocycles. The quantitative estimate of drug-likeness (QED) is 0.487. The van der Waals surface area contributed by atoms with Crippen LogP contribution in [0.1, 0.15) is 30.9 Å². The number of ether oxygens (including phenoxy) is 1. The zero-order valence-electron chi connectivity index (χ0n) is 11.6. The maximum atomic E-state index is 11.0. The van der Waals surface area contributed by atoms with E-state index in [1.807, 2.05) is 13.0 Å². The Morgan fingerprint density at radius 3 is 2.63 bits per heavy atom. The summed E-state index contributed by atoms with van der Waals surface area (Å²) in [6.45, 7) is 3.66. The fourth-order valence-corrected chi connectivity index (χ4v) is 1.70. The number of rotatable bonds is 5. The third-order valence-corrected chi connectivity index (χ3v) is 3.03. The van der Waals surface area contributed by atoms with Crippen molar-refractivity contribution in [3.05, 3.63) is 34.9 Å². The SMILES string of the molecule is COC(=O)C/C=C(\C)CCc1cc(O)c(C)cc1O. The summed E-state index contributed by atoms with van der Waals surface area (Å²) in [4.78, 5) is 11.0. The average molecular weight is 264 g/mol. The van der Waals surface area contributed by atoms with Gasteiger partial charge in [-0.1, -0.05) is 11.6 Å². The predicted octanol–water partition coefficient (Wildman–Crippen LogP) is 2.85. The zero-order chi connectivity index (χ0) is 14.4. The van der Waals surface area contributed by atoms with Crippen LogP contribution in [0.15, 0.2) is 23.8 Å². The van der Waals surface area contributed by atoms with Gasteiger partial charge in [-0.3, -0.25) is 4.79 Å². The number of methoxy groups -OCH3 is 1. The lowest BCUT2D eigenvalue weighted by atomic mass is 10.0. The van der Waals surface area contributed by atoms with Crippen molar-refractivity contribution in [1.82, 2.24) is 0 Å². The minimum Gasteiger partial charge on any atom is -0.508 e. The number of allylic oxidation sites excluding steroid dienone is 1. The van der Waals surface area contributed by atoms with Crippen LogP contribution in [-0.2, 0) is 16.0 Å². The summed E-state index contributed by atoms with van der Waals surface area (Å²) in [5.41, 5.74) is 2.40. The Labute approximate surface area is 113 Å². The van der Waals surface area contributed by atoms with E-state index in [2.05, 4.69) is 4.74 Å². The van der Waals surface area contributed by atoms with E-state index in [0.29, 0.717) is 24.0 Å². The number of phenolic OH excluding ortho intramolecular Hbond substituents is 2. The van der Waals surface area contributed by atoms with Crippen LogP contribution in [0.25, 0.3) is 0 Å². The summed E-state index contributed by atoms with van der Waals surface area (Å²) in [7, 11) is 1.36. The smallest absolute Gasteiger partial charge is 0.309 e. The lowest BCUT2D eigenvalue weighted by molar-refractivity contribution is -0.139. The van der Waals surface area contributed by atoms with Gasteiger partial charge >= 0.3 is 5.97 Å². The Hall–Kier alpha value is -1.97. The Morgan fingerprint density at radius 1 is 1.32 bits per heavy atom. The van der Waals surface area contributed by atoms with Crippen molar-refractivity contribution in [2.75, 3.05) is 7.11 Å². The van der Waals surface area contributed by atoms with Gasteiger partial charge in [-0.05, 0) is 49.9 Å². The van der Waals surface area contributed by atoms with Gasteiger partial charge in [-0.2, -0.15) is 0 Å². The molecule has 4 nitrogen and oxygen atoms in total. The van der Waals surface area contributed by atoms with E-state index in [0.717, 1.165) is 5.57 Å². The highest BCUT2D eigenvalue weighted by molar-refractivity contribution is 5.71. The largest absolute Gasteiger partial charge is 0.508 e. The second-order valence-corrected chi connectivity index (χ2v) is 4.60. The molecule has 0 aliphatic rings. The number of aromatic hydroxyl groups is 2. The number of carbonyl (C=O) groups excluding carboxylic acids is 1. The van der Waals surface area contributed by atoms with E-state index in [1.165, 1.54) is 7.11 Å². The summed E-state index contributed by atoms with van der Waals surface area (Å²) in [5.74, 6) is 0.107. The molecule has 19 heavy (non-hydrogen) atoms. The van der Waals surface area contributed by atoms with Crippen molar-refractivity contribution in [2.45, 2.75) is 33.1 Å². The first-order chi connectivity index (χ1) is 8.93. The third kappa shape index (κ3) is 4.66. The summed E-state index contributed by atoms with van der Waals surface area (Å²) >= 11 is 0. The number of esters is 1. The predicted molar refractivity (Wildman–Crippen MR) is 73.2 cm³/mol. The highest BCUT2D eigenvalue weighted by Crippen LogP contribution is 2.28. The van der Waals surface area contributed by atoms with E-state index < -0.39 is 0 Å². The fourth-order valence-electron chi connectivity index (χ4n) is 1.70. The maximum Gasteiger partial charge on any atom is 0.309 e. The summed E-state index contributed by atoms with van der Waals surface area (Å²) in [6.07, 6.45) is 3.40. The molecule has 4 heteroatoms. The van der Waals surface area contributed by atoms with E-state index in [1.54, 1.807) is 19.1 Å². The molecule has 0 unspecified atom stereocenters. The fraction of sp³-hybridized carbons (Fsp3) is 0.400. The van der Waals surface area contributed by atoms with Gasteiger partial charge in [0.1, 0.15) is 11.5 Å². The number of hydrogen-bond donors (Lipinski definition) is 2. The molecule has 1 aromatic carbocycles. The van der Waals surface area contributed by atoms with Crippen LogP contribution in [0.5, 0.6) is 11.5 Å². The van der Waals surface area contributed by atoms with Gasteiger partial charge in [-0.25, -0.2) is 0 Å². The molecule has 0 aliphatic heterocycles. The first kappa shape index (κ1) is 15.1. The monoisotopic (exact) mass is 264 g/mol. The maximum absolute atomic E-state index is 11.0. The Bertz CT molecular complexity index is 489. The molecule has 1 rings (SSSR count). The van der Waals surface area contributed by atoms with Crippen molar-refractivity contribution in [2.24, 2.45) is 0 Å². The molecule has 0 aliphatic carbocycles. The molecular formula is C15H20O4. The Morgan fingerprint density at radius 2 is 2.00 bits per heavy atom. The third-order valence-electron chi connectivity index (χ3n) is 3.03. The first-order valence-electron chi connectivity index (χ1n) is 6.18. The van der Waals surface area contributed by atoms with Crippen molar-refractivity contribution >= 4 is 5.97 Å². The lowest BCUT2D eigenvalue weighted by Gasteiger charge is -2.08. The molecule has 0 radical (unpaired) electrons. The molecule has 0 heterocycles. The van der Waals surface area contributed by atoms with Crippen LogP contribution in [0.2, 0.25) is 0 Å². The van der Waals surface area contributed by atoms with Gasteiger partial charge in [0.05, 0.1) is 13.5 Å². The van der Waals surface area contributed by atoms with E-state index in [4.69, 9.17) is 0 Å². The molecule has 104 valence electrons. The standard InChI is InChI=1S/C15H20O4/c1-10(5-7-15(18)19-3)4-6-12-9-13(16)11(2)8-14(12)17/h5,8-9,16-17H,4,6-7H2,1-3H3/b10-5+. The molecule has 2 N–H and O–H groups in total. The average Bonchev–Trinajstić information content (AvgIpc) is 2.38. The second kappa shape index (κ2) is 6.83. The van der Waals surface area contributed by atoms with Gasteiger partial charge in [0.25, 0.3) is 0 Å². The highest BCUT2D eigenvalue weighted by atomic mass is 16.5. The highest BCUT2D eigenvalue weighted by Gasteiger charge is 2.06. The molecule has 0 atom stereocenters. The van der Waals surface area contributed by atoms with Crippen LogP contribution in [0.3, 0.4) is 0 Å². The van der Waals surface area contributed by atoms with Crippen molar-refractivity contribution < 1.29 is 19.7 Å². The van der Waals surface area contributed by atoms with E-state index in [-0.39, 0.29) is 23.9 Å². The second-order valence-electron chi connectivity index (χ2n) is 4.60. The van der Waals surface area contributed by atoms with Gasteiger partial charge in [0.2, 0.25) is 0 Å². The number of benzene rings is 1. The van der Waals surface area contributed by atoms with E-state index in [9.17, 15) is 15.0 Å². The number of phenols is 2. The first-order valence-corrected chi connectivity index (χ1v) is 6.18. The van der Waals surface area contributed by atoms with Gasteiger partial charge in [-0.15, -0.1) is 0 Å². The molecule has 0 bridgehead atoms. The summed E-state index contributed by atoms with van der Waals surface area (Å²) in [5, 5.41) is 19.4. The number of aryl methyl sites for hydroxylation is 2. The van der Waals surface area contributed by atoms with Crippen molar-refractivity contribution in [1.29, 1.82) is 0 Å². The molecular weight excluding hydrogens is 244 g/mol. The van der Waals surface area contributed by atoms with Crippen LogP contribution in [-0.4, -0.2) is 23.3 Å². The Balaban J connectivity index is 2.62. The zero-order valence-corrected chi connectivity index (χ0v) is 11.6. The van der Waals surface area contributed by atoms with Crippen LogP contribution in [0, 0.1) is 6.92 Å². The van der Waals surface area contributed by atoms with Crippen molar-refractivity contribution in [3.8, 4) is 11.5 Å². The minimum absolute atomic E-state index is 0.184. The normalized spacial score (nSPS) is 11.4. The number of hydrogen-bond acceptors (Lipinski definition) is 4. The lowest BCUT2D eigenvalue weighted by Crippen LogP contribution is -1.98. The summed E-state index contributed by atoms with van der Waals surface area (Å²) in [6, 6.07) is 3.14. The molecule has 1 aromatic rings. The van der Waals surface area contributed by atoms with Gasteiger partial charge < -0.3 is 14.9 Å². The number of carbonyl (C=O) groups is 1. The van der Waals surface area contributed by atoms with Crippen molar-refractivity contribution in [3.63, 3.8) is 0 Å². The van der Waals surface area contributed by atoms with E-state index >= 15 is 0 Å².